The van der Waals surface area contributed by atoms with Gasteiger partial charge in [0.15, 0.2) is 0 Å². The van der Waals surface area contributed by atoms with E-state index in [1.54, 1.807) is 30.4 Å². The van der Waals surface area contributed by atoms with Crippen LogP contribution in [0.4, 0.5) is 16.0 Å². The molecule has 5 rings (SSSR count). The van der Waals surface area contributed by atoms with Gasteiger partial charge in [0, 0.05) is 30.7 Å². The Labute approximate surface area is 197 Å². The molecule has 174 valence electrons. The monoisotopic (exact) mass is 458 g/mol. The third kappa shape index (κ3) is 3.80. The highest BCUT2D eigenvalue weighted by molar-refractivity contribution is 6.11. The molecule has 1 aliphatic rings. The molecule has 1 amide bonds. The normalized spacial score (nSPS) is 16.0. The zero-order chi connectivity index (χ0) is 23.8. The van der Waals surface area contributed by atoms with Crippen LogP contribution in [0.3, 0.4) is 0 Å². The lowest BCUT2D eigenvalue weighted by Gasteiger charge is -2.35. The Morgan fingerprint density at radius 3 is 2.82 bits per heavy atom. The summed E-state index contributed by atoms with van der Waals surface area (Å²) < 4.78 is 16.9. The topological polar surface area (TPSA) is 89.1 Å². The van der Waals surface area contributed by atoms with Crippen molar-refractivity contribution in [1.29, 1.82) is 0 Å². The highest BCUT2D eigenvalue weighted by atomic mass is 19.1. The number of fused-ring (bicyclic) bond motifs is 1. The van der Waals surface area contributed by atoms with Crippen LogP contribution in [0.25, 0.3) is 21.9 Å². The number of nitrogens with one attached hydrogen (secondary N) is 1. The Morgan fingerprint density at radius 1 is 1.26 bits per heavy atom. The number of nitrogen functional groups attached to an aromatic ring is 1. The summed E-state index contributed by atoms with van der Waals surface area (Å²) in [5, 5.41) is 9.40. The van der Waals surface area contributed by atoms with Gasteiger partial charge in [0.25, 0.3) is 5.91 Å². The van der Waals surface area contributed by atoms with Gasteiger partial charge in [-0.15, -0.1) is 0 Å². The average molecular weight is 459 g/mol. The maximum absolute atomic E-state index is 15.4. The molecular weight excluding hydrogens is 431 g/mol. The lowest BCUT2D eigenvalue weighted by molar-refractivity contribution is 0.0968. The minimum atomic E-state index is -0.600. The van der Waals surface area contributed by atoms with E-state index in [1.165, 1.54) is 16.8 Å². The molecule has 0 saturated carbocycles. The first-order valence-corrected chi connectivity index (χ1v) is 11.4. The molecule has 34 heavy (non-hydrogen) atoms. The molecule has 0 unspecified atom stereocenters. The first kappa shape index (κ1) is 22.0. The first-order chi connectivity index (χ1) is 16.5. The van der Waals surface area contributed by atoms with Crippen molar-refractivity contribution in [2.45, 2.75) is 25.8 Å². The van der Waals surface area contributed by atoms with E-state index in [0.29, 0.717) is 29.3 Å². The number of carbonyl (C=O) groups is 1. The van der Waals surface area contributed by atoms with Crippen LogP contribution in [0.1, 0.15) is 28.8 Å². The maximum Gasteiger partial charge on any atom is 0.262 e. The summed E-state index contributed by atoms with van der Waals surface area (Å²) in [6.07, 6.45) is 5.04. The Hall–Kier alpha value is -3.78. The molecule has 4 aromatic rings. The van der Waals surface area contributed by atoms with Gasteiger partial charge in [0.2, 0.25) is 0 Å². The van der Waals surface area contributed by atoms with E-state index < -0.39 is 11.7 Å². The quantitative estimate of drug-likeness (QED) is 0.481. The summed E-state index contributed by atoms with van der Waals surface area (Å²) in [5.74, 6) is -0.00487. The largest absolute Gasteiger partial charge is 0.383 e. The fourth-order valence-corrected chi connectivity index (χ4v) is 4.71. The minimum Gasteiger partial charge on any atom is -0.383 e. The summed E-state index contributed by atoms with van der Waals surface area (Å²) >= 11 is 0. The number of carbonyl (C=O) groups excluding carboxylic acids is 1. The number of amides is 1. The van der Waals surface area contributed by atoms with Crippen LogP contribution in [-0.2, 0) is 7.05 Å². The number of pyridine rings is 1. The molecular formula is C26H27FN6O. The molecule has 1 atom stereocenters. The molecule has 7 nitrogen and oxygen atoms in total. The zero-order valence-electron chi connectivity index (χ0n) is 19.3. The van der Waals surface area contributed by atoms with Crippen molar-refractivity contribution in [3.05, 3.63) is 71.8 Å². The Balaban J connectivity index is 1.61. The second kappa shape index (κ2) is 8.87. The molecule has 2 aromatic carbocycles. The summed E-state index contributed by atoms with van der Waals surface area (Å²) in [7, 11) is 1.72. The fourth-order valence-electron chi connectivity index (χ4n) is 4.71. The summed E-state index contributed by atoms with van der Waals surface area (Å²) in [6, 6.07) is 12.4. The van der Waals surface area contributed by atoms with Gasteiger partial charge in [0.1, 0.15) is 17.5 Å². The highest BCUT2D eigenvalue weighted by Gasteiger charge is 2.31. The third-order valence-corrected chi connectivity index (χ3v) is 6.56. The number of nitrogens with zero attached hydrogens (tertiary/aromatic N) is 4. The molecule has 1 aliphatic heterocycles. The van der Waals surface area contributed by atoms with E-state index in [0.717, 1.165) is 35.7 Å². The number of anilines is 2. The van der Waals surface area contributed by atoms with Gasteiger partial charge in [-0.3, -0.25) is 14.4 Å². The Kier molecular flexibility index (Phi) is 5.75. The van der Waals surface area contributed by atoms with Crippen molar-refractivity contribution in [2.24, 2.45) is 7.05 Å². The molecule has 0 spiro atoms. The molecule has 0 aliphatic carbocycles. The predicted molar refractivity (Wildman–Crippen MR) is 132 cm³/mol. The second-order valence-electron chi connectivity index (χ2n) is 8.74. The molecule has 1 fully saturated rings. The van der Waals surface area contributed by atoms with Crippen molar-refractivity contribution < 1.29 is 9.18 Å². The molecule has 1 saturated heterocycles. The smallest absolute Gasteiger partial charge is 0.262 e. The summed E-state index contributed by atoms with van der Waals surface area (Å²) in [4.78, 5) is 20.2. The van der Waals surface area contributed by atoms with Crippen molar-refractivity contribution in [3.8, 4) is 11.1 Å². The van der Waals surface area contributed by atoms with Gasteiger partial charge >= 0.3 is 0 Å². The number of nitrogens with two attached hydrogens (primary N) is 1. The van der Waals surface area contributed by atoms with E-state index in [9.17, 15) is 4.79 Å². The van der Waals surface area contributed by atoms with E-state index in [2.05, 4.69) is 15.4 Å². The Bertz CT molecular complexity index is 1370. The predicted octanol–water partition coefficient (Wildman–Crippen LogP) is 4.06. The average Bonchev–Trinajstić information content (AvgIpc) is 3.18. The van der Waals surface area contributed by atoms with Crippen molar-refractivity contribution in [1.82, 2.24) is 20.1 Å². The molecule has 3 heterocycles. The minimum absolute atomic E-state index is 0.00386. The van der Waals surface area contributed by atoms with E-state index in [1.807, 2.05) is 31.2 Å². The number of hydrogen-bond acceptors (Lipinski definition) is 5. The van der Waals surface area contributed by atoms with Crippen molar-refractivity contribution >= 4 is 28.3 Å². The SMILES string of the molecule is Cc1cccc2ccnc(N(C(=O)c3ccc(-c4cnn(C)c4N)cc3F)[C@@H]3CCCNC3)c12. The number of rotatable bonds is 4. The van der Waals surface area contributed by atoms with E-state index >= 15 is 4.39 Å². The summed E-state index contributed by atoms with van der Waals surface area (Å²) in [6.45, 7) is 3.53. The second-order valence-corrected chi connectivity index (χ2v) is 8.74. The van der Waals surface area contributed by atoms with Crippen LogP contribution in [0.5, 0.6) is 0 Å². The number of benzene rings is 2. The lowest BCUT2D eigenvalue weighted by atomic mass is 10.00. The highest BCUT2D eigenvalue weighted by Crippen LogP contribution is 2.33. The van der Waals surface area contributed by atoms with Gasteiger partial charge in [-0.2, -0.15) is 5.10 Å². The van der Waals surface area contributed by atoms with Gasteiger partial charge in [0.05, 0.1) is 17.8 Å². The molecule has 8 heteroatoms. The van der Waals surface area contributed by atoms with Gasteiger partial charge in [-0.05, 0) is 61.0 Å². The molecule has 0 bridgehead atoms. The van der Waals surface area contributed by atoms with Crippen molar-refractivity contribution in [2.75, 3.05) is 23.7 Å². The van der Waals surface area contributed by atoms with Crippen LogP contribution in [0, 0.1) is 12.7 Å². The van der Waals surface area contributed by atoms with Crippen LogP contribution < -0.4 is 16.0 Å². The molecule has 0 radical (unpaired) electrons. The Morgan fingerprint density at radius 2 is 2.12 bits per heavy atom. The van der Waals surface area contributed by atoms with Gasteiger partial charge in [-0.25, -0.2) is 9.37 Å². The van der Waals surface area contributed by atoms with Gasteiger partial charge in [-0.1, -0.05) is 24.3 Å². The number of aromatic nitrogens is 3. The number of hydrogen-bond donors (Lipinski definition) is 2. The van der Waals surface area contributed by atoms with Gasteiger partial charge < -0.3 is 11.1 Å². The van der Waals surface area contributed by atoms with Crippen LogP contribution in [-0.4, -0.2) is 39.8 Å². The van der Waals surface area contributed by atoms with Crippen LogP contribution in [0.2, 0.25) is 0 Å². The maximum atomic E-state index is 15.4. The van der Waals surface area contributed by atoms with Crippen LogP contribution >= 0.6 is 0 Å². The summed E-state index contributed by atoms with van der Waals surface area (Å²) in [5.41, 5.74) is 8.28. The fraction of sp³-hybridized carbons (Fsp3) is 0.269. The first-order valence-electron chi connectivity index (χ1n) is 11.4. The number of halogens is 1. The number of piperidine rings is 1. The number of aryl methyl sites for hydroxylation is 2. The molecule has 2 aromatic heterocycles. The van der Waals surface area contributed by atoms with Crippen LogP contribution in [0.15, 0.2) is 54.9 Å². The standard InChI is InChI=1S/C26H27FN6O/c1-16-5-3-6-17-10-12-30-25(23(16)17)33(19-7-4-11-29-14-19)26(34)20-9-8-18(13-22(20)27)21-15-31-32(2)24(21)28/h3,5-6,8-10,12-13,15,19,29H,4,7,11,14,28H2,1-2H3/t19-/m1/s1. The lowest BCUT2D eigenvalue weighted by Crippen LogP contribution is -2.49. The molecule has 3 N–H and O–H groups in total. The zero-order valence-corrected chi connectivity index (χ0v) is 19.3. The third-order valence-electron chi connectivity index (χ3n) is 6.56. The van der Waals surface area contributed by atoms with E-state index in [4.69, 9.17) is 5.73 Å². The van der Waals surface area contributed by atoms with Crippen molar-refractivity contribution in [3.63, 3.8) is 0 Å². The van der Waals surface area contributed by atoms with E-state index in [-0.39, 0.29) is 11.6 Å².